The van der Waals surface area contributed by atoms with Gasteiger partial charge in [0.25, 0.3) is 0 Å². The molecule has 0 saturated carbocycles. The van der Waals surface area contributed by atoms with E-state index >= 15 is 0 Å². The molecule has 1 aromatic rings. The van der Waals surface area contributed by atoms with E-state index in [0.717, 1.165) is 42.1 Å². The van der Waals surface area contributed by atoms with Gasteiger partial charge in [0.15, 0.2) is 5.78 Å². The van der Waals surface area contributed by atoms with Crippen LogP contribution < -0.4 is 4.74 Å². The molecule has 0 bridgehead atoms. The SMILES string of the molecule is CCCOc1ccc(C(=O)CCSC(C)C)cc1CC. The van der Waals surface area contributed by atoms with Gasteiger partial charge in [0.05, 0.1) is 6.61 Å². The third-order valence-electron chi connectivity index (χ3n) is 3.01. The lowest BCUT2D eigenvalue weighted by Gasteiger charge is -2.11. The van der Waals surface area contributed by atoms with Crippen LogP contribution in [0.3, 0.4) is 0 Å². The first-order chi connectivity index (χ1) is 9.58. The minimum Gasteiger partial charge on any atom is -0.493 e. The van der Waals surface area contributed by atoms with Gasteiger partial charge in [-0.05, 0) is 41.9 Å². The third-order valence-corrected chi connectivity index (χ3v) is 4.11. The highest BCUT2D eigenvalue weighted by atomic mass is 32.2. The zero-order valence-electron chi connectivity index (χ0n) is 13.1. The summed E-state index contributed by atoms with van der Waals surface area (Å²) in [6.45, 7) is 9.23. The Morgan fingerprint density at radius 2 is 2.05 bits per heavy atom. The normalized spacial score (nSPS) is 10.8. The highest BCUT2D eigenvalue weighted by molar-refractivity contribution is 7.99. The van der Waals surface area contributed by atoms with Gasteiger partial charge in [-0.3, -0.25) is 4.79 Å². The number of hydrogen-bond donors (Lipinski definition) is 0. The summed E-state index contributed by atoms with van der Waals surface area (Å²) < 4.78 is 5.71. The average Bonchev–Trinajstić information content (AvgIpc) is 2.44. The number of carbonyl (C=O) groups is 1. The van der Waals surface area contributed by atoms with Gasteiger partial charge >= 0.3 is 0 Å². The van der Waals surface area contributed by atoms with Crippen molar-refractivity contribution in [2.45, 2.75) is 52.2 Å². The molecule has 0 unspecified atom stereocenters. The van der Waals surface area contributed by atoms with Crippen LogP contribution in [0.5, 0.6) is 5.75 Å². The molecule has 0 N–H and O–H groups in total. The smallest absolute Gasteiger partial charge is 0.163 e. The van der Waals surface area contributed by atoms with Gasteiger partial charge in [-0.25, -0.2) is 0 Å². The van der Waals surface area contributed by atoms with Gasteiger partial charge in [0.2, 0.25) is 0 Å². The Morgan fingerprint density at radius 1 is 1.30 bits per heavy atom. The molecule has 0 aliphatic heterocycles. The highest BCUT2D eigenvalue weighted by Gasteiger charge is 2.10. The number of benzene rings is 1. The van der Waals surface area contributed by atoms with Crippen molar-refractivity contribution in [3.05, 3.63) is 29.3 Å². The quantitative estimate of drug-likeness (QED) is 0.615. The van der Waals surface area contributed by atoms with E-state index in [1.165, 1.54) is 0 Å². The Bertz CT molecular complexity index is 427. The molecule has 3 heteroatoms. The first-order valence-corrected chi connectivity index (χ1v) is 8.53. The first-order valence-electron chi connectivity index (χ1n) is 7.49. The van der Waals surface area contributed by atoms with Gasteiger partial charge in [-0.2, -0.15) is 11.8 Å². The lowest BCUT2D eigenvalue weighted by atomic mass is 10.0. The second-order valence-electron chi connectivity index (χ2n) is 5.12. The molecule has 112 valence electrons. The van der Waals surface area contributed by atoms with Gasteiger partial charge < -0.3 is 4.74 Å². The maximum atomic E-state index is 12.2. The number of ether oxygens (including phenoxy) is 1. The molecule has 0 atom stereocenters. The zero-order chi connectivity index (χ0) is 15.0. The minimum atomic E-state index is 0.231. The lowest BCUT2D eigenvalue weighted by Crippen LogP contribution is -2.05. The van der Waals surface area contributed by atoms with Gasteiger partial charge in [0, 0.05) is 17.7 Å². The molecule has 0 aliphatic carbocycles. The van der Waals surface area contributed by atoms with Crippen LogP contribution in [0.4, 0.5) is 0 Å². The molecule has 0 spiro atoms. The molecular formula is C17H26O2S. The molecule has 0 saturated heterocycles. The van der Waals surface area contributed by atoms with Crippen molar-refractivity contribution in [2.75, 3.05) is 12.4 Å². The van der Waals surface area contributed by atoms with Crippen LogP contribution in [0.15, 0.2) is 18.2 Å². The van der Waals surface area contributed by atoms with Gasteiger partial charge in [-0.15, -0.1) is 0 Å². The number of Topliss-reactive ketones (excluding diaryl/α,β-unsaturated/α-hetero) is 1. The average molecular weight is 294 g/mol. The molecule has 0 aromatic heterocycles. The van der Waals surface area contributed by atoms with Crippen molar-refractivity contribution in [1.82, 2.24) is 0 Å². The molecule has 0 fully saturated rings. The van der Waals surface area contributed by atoms with Crippen LogP contribution in [0.1, 0.15) is 56.5 Å². The van der Waals surface area contributed by atoms with E-state index in [4.69, 9.17) is 4.74 Å². The summed E-state index contributed by atoms with van der Waals surface area (Å²) in [6, 6.07) is 5.83. The maximum Gasteiger partial charge on any atom is 0.163 e. The third kappa shape index (κ3) is 5.58. The fraction of sp³-hybridized carbons (Fsp3) is 0.588. The van der Waals surface area contributed by atoms with E-state index in [2.05, 4.69) is 27.7 Å². The molecular weight excluding hydrogens is 268 g/mol. The van der Waals surface area contributed by atoms with Crippen LogP contribution in [0, 0.1) is 0 Å². The number of rotatable bonds is 9. The summed E-state index contributed by atoms with van der Waals surface area (Å²) in [5, 5.41) is 0.582. The van der Waals surface area contributed by atoms with Gasteiger partial charge in [-0.1, -0.05) is 27.7 Å². The Hall–Kier alpha value is -0.960. The summed E-state index contributed by atoms with van der Waals surface area (Å²) in [5.41, 5.74) is 1.94. The zero-order valence-corrected chi connectivity index (χ0v) is 13.9. The molecule has 2 nitrogen and oxygen atoms in total. The fourth-order valence-corrected chi connectivity index (χ4v) is 2.69. The monoisotopic (exact) mass is 294 g/mol. The number of ketones is 1. The molecule has 1 aromatic carbocycles. The van der Waals surface area contributed by atoms with Crippen molar-refractivity contribution in [3.63, 3.8) is 0 Å². The maximum absolute atomic E-state index is 12.2. The van der Waals surface area contributed by atoms with Gasteiger partial charge in [0.1, 0.15) is 5.75 Å². The number of hydrogen-bond acceptors (Lipinski definition) is 3. The Kier molecular flexibility index (Phi) is 7.75. The van der Waals surface area contributed by atoms with E-state index in [0.29, 0.717) is 11.7 Å². The van der Waals surface area contributed by atoms with Crippen molar-refractivity contribution in [2.24, 2.45) is 0 Å². The predicted octanol–water partition coefficient (Wildman–Crippen LogP) is 4.75. The summed E-state index contributed by atoms with van der Waals surface area (Å²) in [5.74, 6) is 2.05. The minimum absolute atomic E-state index is 0.231. The standard InChI is InChI=1S/C17H26O2S/c1-5-10-19-17-8-7-15(12-14(17)6-2)16(18)9-11-20-13(3)4/h7-8,12-13H,5-6,9-11H2,1-4H3. The molecule has 0 radical (unpaired) electrons. The van der Waals surface area contributed by atoms with E-state index in [9.17, 15) is 4.79 Å². The van der Waals surface area contributed by atoms with E-state index in [-0.39, 0.29) is 5.78 Å². The number of thioether (sulfide) groups is 1. The Labute approximate surface area is 127 Å². The lowest BCUT2D eigenvalue weighted by molar-refractivity contribution is 0.0989. The van der Waals surface area contributed by atoms with Crippen LogP contribution in [0.2, 0.25) is 0 Å². The highest BCUT2D eigenvalue weighted by Crippen LogP contribution is 2.22. The largest absolute Gasteiger partial charge is 0.493 e. The Morgan fingerprint density at radius 3 is 2.65 bits per heavy atom. The van der Waals surface area contributed by atoms with E-state index < -0.39 is 0 Å². The molecule has 0 amide bonds. The van der Waals surface area contributed by atoms with E-state index in [1.807, 2.05) is 30.0 Å². The van der Waals surface area contributed by atoms with E-state index in [1.54, 1.807) is 0 Å². The number of aryl methyl sites for hydroxylation is 1. The topological polar surface area (TPSA) is 26.3 Å². The second-order valence-corrected chi connectivity index (χ2v) is 6.80. The van der Waals surface area contributed by atoms with Crippen molar-refractivity contribution in [1.29, 1.82) is 0 Å². The fourth-order valence-electron chi connectivity index (χ4n) is 1.91. The predicted molar refractivity (Wildman–Crippen MR) is 88.1 cm³/mol. The van der Waals surface area contributed by atoms with Crippen LogP contribution in [-0.4, -0.2) is 23.4 Å². The van der Waals surface area contributed by atoms with Crippen molar-refractivity contribution in [3.8, 4) is 5.75 Å². The molecule has 1 rings (SSSR count). The number of carbonyl (C=O) groups excluding carboxylic acids is 1. The van der Waals surface area contributed by atoms with Crippen LogP contribution in [-0.2, 0) is 6.42 Å². The van der Waals surface area contributed by atoms with Crippen molar-refractivity contribution >= 4 is 17.5 Å². The summed E-state index contributed by atoms with van der Waals surface area (Å²) in [4.78, 5) is 12.2. The van der Waals surface area contributed by atoms with Crippen LogP contribution in [0.25, 0.3) is 0 Å². The van der Waals surface area contributed by atoms with Crippen molar-refractivity contribution < 1.29 is 9.53 Å². The summed E-state index contributed by atoms with van der Waals surface area (Å²) >= 11 is 1.83. The molecule has 0 heterocycles. The first kappa shape index (κ1) is 17.1. The molecule has 0 aliphatic rings. The summed E-state index contributed by atoms with van der Waals surface area (Å²) in [6.07, 6.45) is 2.50. The molecule has 20 heavy (non-hydrogen) atoms. The summed E-state index contributed by atoms with van der Waals surface area (Å²) in [7, 11) is 0. The second kappa shape index (κ2) is 9.06. The Balaban J connectivity index is 2.68. The van der Waals surface area contributed by atoms with Crippen LogP contribution >= 0.6 is 11.8 Å².